The predicted octanol–water partition coefficient (Wildman–Crippen LogP) is 3.72. The molecule has 4 aromatic rings. The lowest BCUT2D eigenvalue weighted by Crippen LogP contribution is -2.12. The molecule has 0 atom stereocenters. The summed E-state index contributed by atoms with van der Waals surface area (Å²) in [5.74, 6) is -0.334. The Morgan fingerprint density at radius 1 is 1.23 bits per heavy atom. The number of pyridine rings is 1. The predicted molar refractivity (Wildman–Crippen MR) is 86.5 cm³/mol. The van der Waals surface area contributed by atoms with Gasteiger partial charge in [-0.05, 0) is 35.7 Å². The molecule has 0 unspecified atom stereocenters. The van der Waals surface area contributed by atoms with E-state index in [0.29, 0.717) is 16.5 Å². The monoisotopic (exact) mass is 310 g/mol. The Balaban J connectivity index is 1.69. The number of amides is 1. The molecule has 0 bridgehead atoms. The van der Waals surface area contributed by atoms with Crippen molar-refractivity contribution in [1.29, 1.82) is 0 Å². The van der Waals surface area contributed by atoms with Crippen LogP contribution >= 0.6 is 11.6 Å². The van der Waals surface area contributed by atoms with Crippen molar-refractivity contribution < 1.29 is 4.79 Å². The first-order valence-corrected chi connectivity index (χ1v) is 7.11. The summed E-state index contributed by atoms with van der Waals surface area (Å²) in [6, 6.07) is 13.1. The van der Waals surface area contributed by atoms with Crippen LogP contribution in [0.25, 0.3) is 16.6 Å². The Hall–Kier alpha value is -2.79. The van der Waals surface area contributed by atoms with E-state index in [1.54, 1.807) is 16.7 Å². The molecule has 0 radical (unpaired) electrons. The molecule has 0 aliphatic rings. The number of fused-ring (bicyclic) bond motifs is 2. The van der Waals surface area contributed by atoms with Gasteiger partial charge in [0.25, 0.3) is 5.91 Å². The van der Waals surface area contributed by atoms with Crippen LogP contribution in [-0.4, -0.2) is 20.3 Å². The van der Waals surface area contributed by atoms with Gasteiger partial charge in [-0.2, -0.15) is 0 Å². The second kappa shape index (κ2) is 4.89. The molecule has 0 saturated heterocycles. The van der Waals surface area contributed by atoms with Crippen molar-refractivity contribution in [3.05, 3.63) is 65.7 Å². The number of hydrogen-bond acceptors (Lipinski definition) is 2. The van der Waals surface area contributed by atoms with Crippen LogP contribution in [-0.2, 0) is 0 Å². The van der Waals surface area contributed by atoms with Crippen molar-refractivity contribution in [2.24, 2.45) is 0 Å². The van der Waals surface area contributed by atoms with E-state index >= 15 is 0 Å². The number of rotatable bonds is 2. The van der Waals surface area contributed by atoms with Crippen molar-refractivity contribution in [3.8, 4) is 0 Å². The Morgan fingerprint density at radius 2 is 2.14 bits per heavy atom. The number of anilines is 1. The van der Waals surface area contributed by atoms with Crippen LogP contribution in [0.4, 0.5) is 5.69 Å². The molecule has 22 heavy (non-hydrogen) atoms. The Kier molecular flexibility index (Phi) is 2.87. The van der Waals surface area contributed by atoms with E-state index in [2.05, 4.69) is 15.3 Å². The minimum atomic E-state index is -0.334. The number of nitrogens with one attached hydrogen (secondary N) is 2. The third-order valence-corrected chi connectivity index (χ3v) is 3.86. The number of carbonyl (C=O) groups excluding carboxylic acids is 1. The summed E-state index contributed by atoms with van der Waals surface area (Å²) < 4.78 is 1.67. The molecule has 2 N–H and O–H groups in total. The first kappa shape index (κ1) is 12.9. The van der Waals surface area contributed by atoms with Crippen molar-refractivity contribution in [2.75, 3.05) is 5.32 Å². The van der Waals surface area contributed by atoms with Gasteiger partial charge in [0.1, 0.15) is 10.8 Å². The molecular formula is C16H11ClN4O. The number of benzene rings is 1. The summed E-state index contributed by atoms with van der Waals surface area (Å²) in [5.41, 5.74) is 2.49. The number of carbonyl (C=O) groups is 1. The van der Waals surface area contributed by atoms with Gasteiger partial charge in [0.2, 0.25) is 0 Å². The maximum Gasteiger partial charge on any atom is 0.277 e. The van der Waals surface area contributed by atoms with Gasteiger partial charge >= 0.3 is 0 Å². The van der Waals surface area contributed by atoms with Crippen LogP contribution in [0.15, 0.2) is 54.9 Å². The first-order valence-electron chi connectivity index (χ1n) is 6.73. The zero-order valence-corrected chi connectivity index (χ0v) is 12.1. The van der Waals surface area contributed by atoms with Crippen molar-refractivity contribution in [3.63, 3.8) is 0 Å². The number of nitrogens with zero attached hydrogens (tertiary/aromatic N) is 2. The molecule has 0 aliphatic carbocycles. The van der Waals surface area contributed by atoms with Crippen LogP contribution in [0.2, 0.25) is 5.15 Å². The SMILES string of the molecule is O=C(Nc1ccc2cc[nH]c2c1)c1nc2ccccn2c1Cl. The molecule has 3 aromatic heterocycles. The van der Waals surface area contributed by atoms with E-state index in [0.717, 1.165) is 10.9 Å². The van der Waals surface area contributed by atoms with Crippen molar-refractivity contribution in [1.82, 2.24) is 14.4 Å². The van der Waals surface area contributed by atoms with E-state index in [1.807, 2.05) is 42.6 Å². The summed E-state index contributed by atoms with van der Waals surface area (Å²) in [6.07, 6.45) is 3.63. The fourth-order valence-corrected chi connectivity index (χ4v) is 2.70. The third-order valence-electron chi connectivity index (χ3n) is 3.50. The summed E-state index contributed by atoms with van der Waals surface area (Å²) in [4.78, 5) is 19.8. The quantitative estimate of drug-likeness (QED) is 0.592. The summed E-state index contributed by atoms with van der Waals surface area (Å²) in [5, 5.41) is 4.21. The largest absolute Gasteiger partial charge is 0.361 e. The van der Waals surface area contributed by atoms with E-state index < -0.39 is 0 Å². The molecule has 0 spiro atoms. The van der Waals surface area contributed by atoms with Gasteiger partial charge < -0.3 is 10.3 Å². The lowest BCUT2D eigenvalue weighted by atomic mass is 10.2. The second-order valence-electron chi connectivity index (χ2n) is 4.91. The number of imidazole rings is 1. The highest BCUT2D eigenvalue weighted by Gasteiger charge is 2.17. The lowest BCUT2D eigenvalue weighted by molar-refractivity contribution is 0.102. The zero-order valence-electron chi connectivity index (χ0n) is 11.4. The van der Waals surface area contributed by atoms with Gasteiger partial charge in [0.15, 0.2) is 5.69 Å². The normalized spacial score (nSPS) is 11.1. The number of aromatic amines is 1. The second-order valence-corrected chi connectivity index (χ2v) is 5.27. The topological polar surface area (TPSA) is 62.2 Å². The van der Waals surface area contributed by atoms with E-state index in [9.17, 15) is 4.79 Å². The van der Waals surface area contributed by atoms with Gasteiger partial charge in [-0.15, -0.1) is 0 Å². The molecule has 5 nitrogen and oxygen atoms in total. The van der Waals surface area contributed by atoms with Gasteiger partial charge in [-0.1, -0.05) is 23.7 Å². The van der Waals surface area contributed by atoms with Gasteiger partial charge in [0, 0.05) is 23.6 Å². The molecular weight excluding hydrogens is 300 g/mol. The maximum atomic E-state index is 12.4. The number of halogens is 1. The van der Waals surface area contributed by atoms with E-state index in [1.165, 1.54) is 0 Å². The average Bonchev–Trinajstić information content (AvgIpc) is 3.12. The highest BCUT2D eigenvalue weighted by atomic mass is 35.5. The van der Waals surface area contributed by atoms with Crippen molar-refractivity contribution in [2.45, 2.75) is 0 Å². The van der Waals surface area contributed by atoms with Gasteiger partial charge in [0.05, 0.1) is 0 Å². The highest BCUT2D eigenvalue weighted by molar-refractivity contribution is 6.33. The van der Waals surface area contributed by atoms with E-state index in [4.69, 9.17) is 11.6 Å². The standard InChI is InChI=1S/C16H11ClN4O/c17-15-14(20-13-3-1-2-8-21(13)15)16(22)19-11-5-4-10-6-7-18-12(10)9-11/h1-9,18H,(H,19,22). The third kappa shape index (κ3) is 2.03. The molecule has 4 rings (SSSR count). The van der Waals surface area contributed by atoms with Crippen molar-refractivity contribution >= 4 is 39.7 Å². The minimum absolute atomic E-state index is 0.208. The molecule has 3 heterocycles. The number of aromatic nitrogens is 3. The fraction of sp³-hybridized carbons (Fsp3) is 0. The Bertz CT molecular complexity index is 1000. The van der Waals surface area contributed by atoms with Crippen LogP contribution in [0, 0.1) is 0 Å². The zero-order chi connectivity index (χ0) is 15.1. The molecule has 108 valence electrons. The van der Waals surface area contributed by atoms with E-state index in [-0.39, 0.29) is 11.6 Å². The minimum Gasteiger partial charge on any atom is -0.361 e. The van der Waals surface area contributed by atoms with Crippen LogP contribution < -0.4 is 5.32 Å². The van der Waals surface area contributed by atoms with Crippen LogP contribution in [0.5, 0.6) is 0 Å². The van der Waals surface area contributed by atoms with Crippen LogP contribution in [0.3, 0.4) is 0 Å². The molecule has 0 saturated carbocycles. The first-order chi connectivity index (χ1) is 10.7. The Morgan fingerprint density at radius 3 is 3.00 bits per heavy atom. The summed E-state index contributed by atoms with van der Waals surface area (Å²) in [6.45, 7) is 0. The molecule has 0 fully saturated rings. The number of H-pyrrole nitrogens is 1. The smallest absolute Gasteiger partial charge is 0.277 e. The molecule has 1 amide bonds. The fourth-order valence-electron chi connectivity index (χ4n) is 2.43. The summed E-state index contributed by atoms with van der Waals surface area (Å²) >= 11 is 6.23. The van der Waals surface area contributed by atoms with Gasteiger partial charge in [-0.25, -0.2) is 4.98 Å². The average molecular weight is 311 g/mol. The summed E-state index contributed by atoms with van der Waals surface area (Å²) in [7, 11) is 0. The number of hydrogen-bond donors (Lipinski definition) is 2. The molecule has 1 aromatic carbocycles. The molecule has 0 aliphatic heterocycles. The maximum absolute atomic E-state index is 12.4. The van der Waals surface area contributed by atoms with Crippen LogP contribution in [0.1, 0.15) is 10.5 Å². The highest BCUT2D eigenvalue weighted by Crippen LogP contribution is 2.21. The molecule has 6 heteroatoms. The van der Waals surface area contributed by atoms with Gasteiger partial charge in [-0.3, -0.25) is 9.20 Å². The Labute approximate surface area is 130 Å². The lowest BCUT2D eigenvalue weighted by Gasteiger charge is -2.03.